The number of benzene rings is 3. The van der Waals surface area contributed by atoms with E-state index in [1.165, 1.54) is 30.2 Å². The maximum Gasteiger partial charge on any atom is 0.335 e. The molecule has 0 saturated carbocycles. The van der Waals surface area contributed by atoms with Gasteiger partial charge in [0.1, 0.15) is 11.5 Å². The van der Waals surface area contributed by atoms with E-state index in [4.69, 9.17) is 16.3 Å². The third kappa shape index (κ3) is 5.01. The molecule has 37 heavy (non-hydrogen) atoms. The molecule has 1 aliphatic heterocycles. The number of ketones is 1. The Morgan fingerprint density at radius 3 is 2.14 bits per heavy atom. The number of ether oxygens (including phenoxy) is 1. The highest BCUT2D eigenvalue weighted by atomic mass is 35.5. The van der Waals surface area contributed by atoms with Crippen LogP contribution in [0.2, 0.25) is 5.02 Å². The second-order valence-electron chi connectivity index (χ2n) is 8.76. The van der Waals surface area contributed by atoms with E-state index in [0.717, 1.165) is 5.69 Å². The van der Waals surface area contributed by atoms with Gasteiger partial charge in [-0.05, 0) is 53.6 Å². The first-order valence-corrected chi connectivity index (χ1v) is 11.7. The Balaban J connectivity index is 1.83. The van der Waals surface area contributed by atoms with Crippen LogP contribution in [0, 0.1) is 0 Å². The van der Waals surface area contributed by atoms with E-state index < -0.39 is 23.7 Å². The van der Waals surface area contributed by atoms with Crippen molar-refractivity contribution in [3.63, 3.8) is 0 Å². The van der Waals surface area contributed by atoms with Gasteiger partial charge in [-0.25, -0.2) is 4.79 Å². The minimum absolute atomic E-state index is 0.0325. The van der Waals surface area contributed by atoms with Crippen LogP contribution in [0.3, 0.4) is 0 Å². The Morgan fingerprint density at radius 1 is 0.973 bits per heavy atom. The van der Waals surface area contributed by atoms with Crippen LogP contribution in [0.4, 0.5) is 5.69 Å². The number of Topliss-reactive ketones (excluding diaryl/α,β-unsaturated/α-hetero) is 1. The number of hydrogen-bond donors (Lipinski definition) is 2. The Bertz CT molecular complexity index is 1400. The van der Waals surface area contributed by atoms with Crippen LogP contribution in [0.25, 0.3) is 5.76 Å². The molecule has 3 aromatic rings. The third-order valence-corrected chi connectivity index (χ3v) is 6.54. The van der Waals surface area contributed by atoms with Gasteiger partial charge in [-0.15, -0.1) is 0 Å². The maximum atomic E-state index is 13.3. The lowest BCUT2D eigenvalue weighted by atomic mass is 9.95. The zero-order valence-electron chi connectivity index (χ0n) is 20.4. The number of rotatable bonds is 7. The average Bonchev–Trinajstić information content (AvgIpc) is 3.13. The van der Waals surface area contributed by atoms with E-state index in [1.807, 2.05) is 31.1 Å². The Kier molecular flexibility index (Phi) is 7.22. The van der Waals surface area contributed by atoms with Crippen LogP contribution >= 0.6 is 11.6 Å². The molecule has 0 aromatic heterocycles. The maximum absolute atomic E-state index is 13.3. The number of carboxylic acids is 1. The first-order chi connectivity index (χ1) is 17.6. The van der Waals surface area contributed by atoms with E-state index >= 15 is 0 Å². The van der Waals surface area contributed by atoms with Gasteiger partial charge in [0.05, 0.1) is 29.3 Å². The fourth-order valence-electron chi connectivity index (χ4n) is 4.26. The Hall–Kier alpha value is -4.30. The van der Waals surface area contributed by atoms with Crippen molar-refractivity contribution < 1.29 is 29.3 Å². The van der Waals surface area contributed by atoms with E-state index in [9.17, 15) is 24.6 Å². The summed E-state index contributed by atoms with van der Waals surface area (Å²) < 4.78 is 5.17. The number of halogens is 1. The van der Waals surface area contributed by atoms with E-state index in [0.29, 0.717) is 16.9 Å². The van der Waals surface area contributed by atoms with Crippen LogP contribution in [0.15, 0.2) is 72.3 Å². The van der Waals surface area contributed by atoms with Gasteiger partial charge in [0.25, 0.3) is 11.7 Å². The molecule has 1 heterocycles. The summed E-state index contributed by atoms with van der Waals surface area (Å²) in [6.07, 6.45) is 0. The molecule has 8 nitrogen and oxygen atoms in total. The number of amides is 1. The van der Waals surface area contributed by atoms with Crippen molar-refractivity contribution in [1.82, 2.24) is 4.90 Å². The number of carbonyl (C=O) groups is 3. The molecule has 4 rings (SSSR count). The highest BCUT2D eigenvalue weighted by molar-refractivity contribution is 6.46. The van der Waals surface area contributed by atoms with Crippen molar-refractivity contribution in [2.45, 2.75) is 12.6 Å². The molecular formula is C28H25ClN2O6. The average molecular weight is 521 g/mol. The summed E-state index contributed by atoms with van der Waals surface area (Å²) in [7, 11) is 5.26. The summed E-state index contributed by atoms with van der Waals surface area (Å²) in [4.78, 5) is 41.0. The van der Waals surface area contributed by atoms with Gasteiger partial charge in [-0.3, -0.25) is 9.59 Å². The fourth-order valence-corrected chi connectivity index (χ4v) is 4.52. The Morgan fingerprint density at radius 2 is 1.59 bits per heavy atom. The second-order valence-corrected chi connectivity index (χ2v) is 9.17. The first-order valence-electron chi connectivity index (χ1n) is 11.3. The highest BCUT2D eigenvalue weighted by Gasteiger charge is 2.46. The second kappa shape index (κ2) is 10.4. The lowest BCUT2D eigenvalue weighted by Gasteiger charge is -2.26. The quantitative estimate of drug-likeness (QED) is 0.263. The molecule has 1 saturated heterocycles. The van der Waals surface area contributed by atoms with Crippen LogP contribution in [0.1, 0.15) is 33.1 Å². The molecule has 0 aliphatic carbocycles. The number of aliphatic hydroxyl groups excluding tert-OH is 1. The molecule has 1 amide bonds. The molecule has 9 heteroatoms. The first kappa shape index (κ1) is 25.8. The predicted molar refractivity (Wildman–Crippen MR) is 140 cm³/mol. The standard InChI is InChI=1S/C28H25ClN2O6/c1-30(2)20-11-8-17(9-12-20)24-23(25(32)19-10-13-22(37-3)21(29)14-19)26(33)27(34)31(24)15-16-4-6-18(7-5-16)28(35)36/h4-14,24,32H,15H2,1-3H3,(H,35,36)/b25-23-. The molecule has 1 fully saturated rings. The van der Waals surface area contributed by atoms with E-state index in [-0.39, 0.29) is 34.0 Å². The van der Waals surface area contributed by atoms with Crippen LogP contribution in [-0.4, -0.2) is 54.0 Å². The molecule has 1 atom stereocenters. The number of hydrogen-bond acceptors (Lipinski definition) is 6. The summed E-state index contributed by atoms with van der Waals surface area (Å²) in [5.74, 6) is -2.61. The van der Waals surface area contributed by atoms with Crippen molar-refractivity contribution in [1.29, 1.82) is 0 Å². The van der Waals surface area contributed by atoms with E-state index in [1.54, 1.807) is 36.4 Å². The number of likely N-dealkylation sites (tertiary alicyclic amines) is 1. The van der Waals surface area contributed by atoms with Gasteiger partial charge in [-0.2, -0.15) is 0 Å². The normalized spacial score (nSPS) is 16.6. The van der Waals surface area contributed by atoms with Crippen molar-refractivity contribution in [2.75, 3.05) is 26.1 Å². The third-order valence-electron chi connectivity index (χ3n) is 6.24. The van der Waals surface area contributed by atoms with Crippen molar-refractivity contribution in [3.05, 3.63) is 99.6 Å². The molecule has 0 bridgehead atoms. The largest absolute Gasteiger partial charge is 0.507 e. The predicted octanol–water partition coefficient (Wildman–Crippen LogP) is 4.73. The summed E-state index contributed by atoms with van der Waals surface area (Å²) in [5.41, 5.74) is 2.50. The minimum Gasteiger partial charge on any atom is -0.507 e. The van der Waals surface area contributed by atoms with Gasteiger partial charge in [0, 0.05) is 31.9 Å². The topological polar surface area (TPSA) is 107 Å². The smallest absolute Gasteiger partial charge is 0.335 e. The summed E-state index contributed by atoms with van der Waals surface area (Å²) in [6, 6.07) is 17.1. The minimum atomic E-state index is -1.06. The molecular weight excluding hydrogens is 496 g/mol. The van der Waals surface area contributed by atoms with Crippen molar-refractivity contribution >= 4 is 40.7 Å². The summed E-state index contributed by atoms with van der Waals surface area (Å²) in [6.45, 7) is 0.0325. The van der Waals surface area contributed by atoms with Crippen LogP contribution < -0.4 is 9.64 Å². The van der Waals surface area contributed by atoms with Crippen molar-refractivity contribution in [3.8, 4) is 5.75 Å². The summed E-state index contributed by atoms with van der Waals surface area (Å²) >= 11 is 6.25. The number of anilines is 1. The molecule has 2 N–H and O–H groups in total. The van der Waals surface area contributed by atoms with Gasteiger partial charge >= 0.3 is 5.97 Å². The van der Waals surface area contributed by atoms with E-state index in [2.05, 4.69) is 0 Å². The lowest BCUT2D eigenvalue weighted by molar-refractivity contribution is -0.140. The molecule has 190 valence electrons. The lowest BCUT2D eigenvalue weighted by Crippen LogP contribution is -2.29. The molecule has 3 aromatic carbocycles. The number of nitrogens with zero attached hydrogens (tertiary/aromatic N) is 2. The summed E-state index contributed by atoms with van der Waals surface area (Å²) in [5, 5.41) is 20.7. The van der Waals surface area contributed by atoms with Crippen LogP contribution in [-0.2, 0) is 16.1 Å². The monoisotopic (exact) mass is 520 g/mol. The zero-order chi connectivity index (χ0) is 26.9. The van der Waals surface area contributed by atoms with Crippen LogP contribution in [0.5, 0.6) is 5.75 Å². The van der Waals surface area contributed by atoms with Gasteiger partial charge in [0.15, 0.2) is 0 Å². The number of methoxy groups -OCH3 is 1. The van der Waals surface area contributed by atoms with Gasteiger partial charge < -0.3 is 24.7 Å². The number of aromatic carboxylic acids is 1. The molecule has 1 unspecified atom stereocenters. The molecule has 0 radical (unpaired) electrons. The molecule has 1 aliphatic rings. The zero-order valence-corrected chi connectivity index (χ0v) is 21.2. The number of carbonyl (C=O) groups excluding carboxylic acids is 2. The number of aliphatic hydroxyl groups is 1. The molecule has 0 spiro atoms. The van der Waals surface area contributed by atoms with Gasteiger partial charge in [0.2, 0.25) is 0 Å². The fraction of sp³-hybridized carbons (Fsp3) is 0.179. The Labute approximate surface area is 219 Å². The SMILES string of the molecule is COc1ccc(/C(O)=C2/C(=O)C(=O)N(Cc3ccc(C(=O)O)cc3)C2c2ccc(N(C)C)cc2)cc1Cl. The van der Waals surface area contributed by atoms with Gasteiger partial charge in [-0.1, -0.05) is 35.9 Å². The highest BCUT2D eigenvalue weighted by Crippen LogP contribution is 2.41. The number of carboxylic acid groups (broad SMARTS) is 1. The van der Waals surface area contributed by atoms with Crippen molar-refractivity contribution in [2.24, 2.45) is 0 Å².